The first kappa shape index (κ1) is 10.6. The summed E-state index contributed by atoms with van der Waals surface area (Å²) in [5, 5.41) is 3.50. The predicted molar refractivity (Wildman–Crippen MR) is 66.0 cm³/mol. The molecule has 0 radical (unpaired) electrons. The van der Waals surface area contributed by atoms with Crippen molar-refractivity contribution in [3.63, 3.8) is 0 Å². The van der Waals surface area contributed by atoms with Crippen LogP contribution in [-0.4, -0.2) is 11.5 Å². The lowest BCUT2D eigenvalue weighted by Gasteiger charge is -2.17. The maximum absolute atomic E-state index is 11.1. The van der Waals surface area contributed by atoms with Gasteiger partial charge in [-0.05, 0) is 43.0 Å². The van der Waals surface area contributed by atoms with Gasteiger partial charge in [0.25, 0.3) is 0 Å². The highest BCUT2D eigenvalue weighted by molar-refractivity contribution is 5.72. The van der Waals surface area contributed by atoms with Crippen LogP contribution in [0.4, 0.5) is 0 Å². The van der Waals surface area contributed by atoms with Crippen molar-refractivity contribution in [1.82, 2.24) is 10.3 Å². The van der Waals surface area contributed by atoms with Gasteiger partial charge >= 0.3 is 5.76 Å². The Morgan fingerprint density at radius 3 is 3.06 bits per heavy atom. The topological polar surface area (TPSA) is 58.0 Å². The highest BCUT2D eigenvalue weighted by atomic mass is 16.4. The highest BCUT2D eigenvalue weighted by Gasteiger charge is 2.31. The van der Waals surface area contributed by atoms with E-state index >= 15 is 0 Å². The van der Waals surface area contributed by atoms with Crippen molar-refractivity contribution in [2.45, 2.75) is 25.8 Å². The summed E-state index contributed by atoms with van der Waals surface area (Å²) in [4.78, 5) is 13.8. The fourth-order valence-electron chi connectivity index (χ4n) is 2.36. The molecule has 0 spiro atoms. The van der Waals surface area contributed by atoms with E-state index in [1.54, 1.807) is 0 Å². The molecule has 1 aromatic carbocycles. The second-order valence-corrected chi connectivity index (χ2v) is 4.64. The number of aromatic nitrogens is 1. The minimum atomic E-state index is -0.386. The molecule has 1 heterocycles. The van der Waals surface area contributed by atoms with E-state index in [1.165, 1.54) is 18.4 Å². The molecule has 3 rings (SSSR count). The number of H-pyrrole nitrogens is 1. The molecular weight excluding hydrogens is 216 g/mol. The Hall–Kier alpha value is -1.55. The lowest BCUT2D eigenvalue weighted by molar-refractivity contribution is 0.495. The molecule has 0 bridgehead atoms. The third kappa shape index (κ3) is 2.00. The Morgan fingerprint density at radius 2 is 2.35 bits per heavy atom. The van der Waals surface area contributed by atoms with Crippen molar-refractivity contribution in [3.05, 3.63) is 34.3 Å². The molecule has 1 atom stereocenters. The molecule has 90 valence electrons. The van der Waals surface area contributed by atoms with Crippen LogP contribution in [0.5, 0.6) is 0 Å². The van der Waals surface area contributed by atoms with Gasteiger partial charge in [0.05, 0.1) is 5.52 Å². The Kier molecular flexibility index (Phi) is 2.52. The molecule has 2 aromatic rings. The molecule has 17 heavy (non-hydrogen) atoms. The number of fused-ring (bicyclic) bond motifs is 1. The standard InChI is InChI=1S/C13H16N2O2/c1-2-14-12(8-3-4-8)9-5-6-10-11(7-9)17-13(16)15-10/h5-8,12,14H,2-4H2,1H3,(H,15,16). The summed E-state index contributed by atoms with van der Waals surface area (Å²) in [5.74, 6) is 0.349. The molecule has 1 aromatic heterocycles. The van der Waals surface area contributed by atoms with Crippen LogP contribution in [0.3, 0.4) is 0 Å². The number of hydrogen-bond acceptors (Lipinski definition) is 3. The number of nitrogens with one attached hydrogen (secondary N) is 2. The van der Waals surface area contributed by atoms with Crippen LogP contribution in [0, 0.1) is 5.92 Å². The van der Waals surface area contributed by atoms with Gasteiger partial charge in [-0.15, -0.1) is 0 Å². The molecule has 0 saturated heterocycles. The van der Waals surface area contributed by atoms with Crippen molar-refractivity contribution >= 4 is 11.1 Å². The molecular formula is C13H16N2O2. The van der Waals surface area contributed by atoms with Gasteiger partial charge in [0, 0.05) is 6.04 Å². The molecule has 1 saturated carbocycles. The minimum Gasteiger partial charge on any atom is -0.408 e. The second kappa shape index (κ2) is 4.04. The highest BCUT2D eigenvalue weighted by Crippen LogP contribution is 2.41. The van der Waals surface area contributed by atoms with Gasteiger partial charge in [0.1, 0.15) is 0 Å². The van der Waals surface area contributed by atoms with E-state index in [2.05, 4.69) is 23.3 Å². The fraction of sp³-hybridized carbons (Fsp3) is 0.462. The van der Waals surface area contributed by atoms with Crippen LogP contribution in [0.1, 0.15) is 31.4 Å². The predicted octanol–water partition coefficient (Wildman–Crippen LogP) is 2.18. The first-order chi connectivity index (χ1) is 8.28. The molecule has 4 nitrogen and oxygen atoms in total. The SMILES string of the molecule is CCNC(c1ccc2[nH]c(=O)oc2c1)C1CC1. The lowest BCUT2D eigenvalue weighted by atomic mass is 10.0. The molecule has 0 amide bonds. The van der Waals surface area contributed by atoms with Crippen LogP contribution in [0.25, 0.3) is 11.1 Å². The first-order valence-corrected chi connectivity index (χ1v) is 6.14. The third-order valence-corrected chi connectivity index (χ3v) is 3.32. The van der Waals surface area contributed by atoms with Gasteiger partial charge < -0.3 is 9.73 Å². The van der Waals surface area contributed by atoms with E-state index in [4.69, 9.17) is 4.42 Å². The largest absolute Gasteiger partial charge is 0.417 e. The number of aromatic amines is 1. The average molecular weight is 232 g/mol. The van der Waals surface area contributed by atoms with Crippen LogP contribution >= 0.6 is 0 Å². The van der Waals surface area contributed by atoms with Gasteiger partial charge in [0.2, 0.25) is 0 Å². The third-order valence-electron chi connectivity index (χ3n) is 3.32. The van der Waals surface area contributed by atoms with E-state index in [-0.39, 0.29) is 5.76 Å². The number of benzene rings is 1. The second-order valence-electron chi connectivity index (χ2n) is 4.64. The summed E-state index contributed by atoms with van der Waals surface area (Å²) in [6.07, 6.45) is 2.57. The van der Waals surface area contributed by atoms with Crippen molar-refractivity contribution < 1.29 is 4.42 Å². The van der Waals surface area contributed by atoms with Crippen molar-refractivity contribution in [2.24, 2.45) is 5.92 Å². The van der Waals surface area contributed by atoms with Crippen molar-refractivity contribution in [1.29, 1.82) is 0 Å². The maximum Gasteiger partial charge on any atom is 0.417 e. The Balaban J connectivity index is 2.00. The number of oxazole rings is 1. The summed E-state index contributed by atoms with van der Waals surface area (Å²) in [6, 6.07) is 6.35. The molecule has 1 aliphatic carbocycles. The molecule has 1 unspecified atom stereocenters. The van der Waals surface area contributed by atoms with E-state index < -0.39 is 0 Å². The van der Waals surface area contributed by atoms with E-state index in [1.807, 2.05) is 12.1 Å². The smallest absolute Gasteiger partial charge is 0.408 e. The summed E-state index contributed by atoms with van der Waals surface area (Å²) >= 11 is 0. The monoisotopic (exact) mass is 232 g/mol. The van der Waals surface area contributed by atoms with E-state index in [0.717, 1.165) is 18.0 Å². The lowest BCUT2D eigenvalue weighted by Crippen LogP contribution is -2.22. The van der Waals surface area contributed by atoms with E-state index in [0.29, 0.717) is 11.6 Å². The zero-order chi connectivity index (χ0) is 11.8. The summed E-state index contributed by atoms with van der Waals surface area (Å²) in [6.45, 7) is 3.07. The van der Waals surface area contributed by atoms with Crippen LogP contribution < -0.4 is 11.1 Å². The van der Waals surface area contributed by atoms with Crippen LogP contribution in [-0.2, 0) is 0 Å². The summed E-state index contributed by atoms with van der Waals surface area (Å²) in [7, 11) is 0. The first-order valence-electron chi connectivity index (χ1n) is 6.14. The Morgan fingerprint density at radius 1 is 1.53 bits per heavy atom. The minimum absolute atomic E-state index is 0.386. The maximum atomic E-state index is 11.1. The van der Waals surface area contributed by atoms with E-state index in [9.17, 15) is 4.79 Å². The quantitative estimate of drug-likeness (QED) is 0.849. The molecule has 4 heteroatoms. The van der Waals surface area contributed by atoms with Crippen molar-refractivity contribution in [3.8, 4) is 0 Å². The van der Waals surface area contributed by atoms with Gasteiger partial charge in [-0.1, -0.05) is 13.0 Å². The zero-order valence-electron chi connectivity index (χ0n) is 9.82. The molecule has 1 fully saturated rings. The molecule has 0 aliphatic heterocycles. The summed E-state index contributed by atoms with van der Waals surface area (Å²) < 4.78 is 5.10. The fourth-order valence-corrected chi connectivity index (χ4v) is 2.36. The van der Waals surface area contributed by atoms with Gasteiger partial charge in [-0.3, -0.25) is 4.98 Å². The number of rotatable bonds is 4. The zero-order valence-corrected chi connectivity index (χ0v) is 9.82. The normalized spacial score (nSPS) is 17.5. The number of hydrogen-bond donors (Lipinski definition) is 2. The van der Waals surface area contributed by atoms with Crippen LogP contribution in [0.15, 0.2) is 27.4 Å². The summed E-state index contributed by atoms with van der Waals surface area (Å²) in [5.41, 5.74) is 2.63. The van der Waals surface area contributed by atoms with Gasteiger partial charge in [0.15, 0.2) is 5.58 Å². The van der Waals surface area contributed by atoms with Gasteiger partial charge in [-0.2, -0.15) is 0 Å². The van der Waals surface area contributed by atoms with Gasteiger partial charge in [-0.25, -0.2) is 4.79 Å². The molecule has 1 aliphatic rings. The Bertz CT molecular complexity index is 580. The molecule has 2 N–H and O–H groups in total. The van der Waals surface area contributed by atoms with Crippen molar-refractivity contribution in [2.75, 3.05) is 6.54 Å². The average Bonchev–Trinajstić information content (AvgIpc) is 3.07. The Labute approximate surface area is 99.0 Å². The van der Waals surface area contributed by atoms with Crippen LogP contribution in [0.2, 0.25) is 0 Å².